The number of rotatable bonds is 11. The Morgan fingerprint density at radius 3 is 2.32 bits per heavy atom. The minimum Gasteiger partial charge on any atom is -0.466 e. The molecule has 0 unspecified atom stereocenters. The molecule has 0 aromatic rings. The highest BCUT2D eigenvalue weighted by Crippen LogP contribution is 2.25. The Kier molecular flexibility index (Phi) is 11.4. The van der Waals surface area contributed by atoms with Crippen LogP contribution in [0.4, 0.5) is 9.59 Å². The molecule has 0 bridgehead atoms. The summed E-state index contributed by atoms with van der Waals surface area (Å²) in [4.78, 5) is 39.0. The average Bonchev–Trinajstić information content (AvgIpc) is 3.03. The number of carbonyl (C=O) groups excluding carboxylic acids is 3. The highest BCUT2D eigenvalue weighted by Gasteiger charge is 2.39. The normalized spacial score (nSPS) is 18.6. The summed E-state index contributed by atoms with van der Waals surface area (Å²) in [6.07, 6.45) is 5.69. The summed E-state index contributed by atoms with van der Waals surface area (Å²) in [5, 5.41) is 0. The Morgan fingerprint density at radius 1 is 1.00 bits per heavy atom. The molecule has 2 amide bonds. The van der Waals surface area contributed by atoms with Crippen molar-refractivity contribution in [2.24, 2.45) is 0 Å². The smallest absolute Gasteiger partial charge is 0.410 e. The van der Waals surface area contributed by atoms with Crippen LogP contribution in [0.25, 0.3) is 0 Å². The fourth-order valence-corrected chi connectivity index (χ4v) is 3.16. The van der Waals surface area contributed by atoms with Crippen molar-refractivity contribution in [1.82, 2.24) is 9.80 Å². The summed E-state index contributed by atoms with van der Waals surface area (Å²) in [6, 6.07) is -0.393. The van der Waals surface area contributed by atoms with Gasteiger partial charge < -0.3 is 24.0 Å². The molecule has 0 saturated carbocycles. The highest BCUT2D eigenvalue weighted by atomic mass is 16.6. The van der Waals surface area contributed by atoms with Gasteiger partial charge in [0, 0.05) is 26.6 Å². The fourth-order valence-electron chi connectivity index (χ4n) is 3.16. The first-order valence-electron chi connectivity index (χ1n) is 10.4. The van der Waals surface area contributed by atoms with Gasteiger partial charge in [0.15, 0.2) is 0 Å². The average molecular weight is 401 g/mol. The van der Waals surface area contributed by atoms with Crippen LogP contribution in [-0.4, -0.2) is 74.0 Å². The van der Waals surface area contributed by atoms with Crippen molar-refractivity contribution in [3.05, 3.63) is 0 Å². The zero-order valence-corrected chi connectivity index (χ0v) is 17.8. The molecule has 28 heavy (non-hydrogen) atoms. The van der Waals surface area contributed by atoms with Crippen LogP contribution < -0.4 is 0 Å². The molecule has 1 aliphatic heterocycles. The molecule has 1 saturated heterocycles. The number of unbranched alkanes of at least 4 members (excludes halogenated alkanes) is 5. The molecule has 0 aromatic heterocycles. The molecule has 0 aliphatic carbocycles. The van der Waals surface area contributed by atoms with Crippen molar-refractivity contribution in [3.63, 3.8) is 0 Å². The molecule has 0 radical (unpaired) electrons. The lowest BCUT2D eigenvalue weighted by atomic mass is 10.1. The molecule has 0 N–H and O–H groups in total. The van der Waals surface area contributed by atoms with E-state index in [0.29, 0.717) is 13.0 Å². The maximum Gasteiger partial charge on any atom is 0.410 e. The summed E-state index contributed by atoms with van der Waals surface area (Å²) < 4.78 is 15.8. The van der Waals surface area contributed by atoms with Gasteiger partial charge in [-0.05, 0) is 13.3 Å². The van der Waals surface area contributed by atoms with Crippen LogP contribution in [0.2, 0.25) is 0 Å². The van der Waals surface area contributed by atoms with Gasteiger partial charge in [0.05, 0.1) is 26.2 Å². The second-order valence-corrected chi connectivity index (χ2v) is 7.33. The van der Waals surface area contributed by atoms with Crippen molar-refractivity contribution in [1.29, 1.82) is 0 Å². The lowest BCUT2D eigenvalue weighted by Gasteiger charge is -2.23. The molecule has 1 heterocycles. The maximum absolute atomic E-state index is 12.5. The number of likely N-dealkylation sites (tertiary alicyclic amines) is 1. The molecule has 1 fully saturated rings. The molecule has 0 spiro atoms. The summed E-state index contributed by atoms with van der Waals surface area (Å²) >= 11 is 0. The minimum atomic E-state index is -0.470. The first kappa shape index (κ1) is 24.0. The SMILES string of the molecule is CCCCCCCCOC(=O)N1C[C@H](OC(=O)N(C)C)C[C@H]1CC(=O)OCC. The predicted molar refractivity (Wildman–Crippen MR) is 105 cm³/mol. The van der Waals surface area contributed by atoms with Crippen LogP contribution in [0, 0.1) is 0 Å². The number of hydrogen-bond acceptors (Lipinski definition) is 6. The number of nitrogens with zero attached hydrogens (tertiary/aromatic N) is 2. The molecule has 1 aliphatic rings. The van der Waals surface area contributed by atoms with Gasteiger partial charge in [-0.2, -0.15) is 0 Å². The number of ether oxygens (including phenoxy) is 3. The molecule has 8 nitrogen and oxygen atoms in total. The topological polar surface area (TPSA) is 85.4 Å². The lowest BCUT2D eigenvalue weighted by molar-refractivity contribution is -0.144. The zero-order chi connectivity index (χ0) is 20.9. The van der Waals surface area contributed by atoms with Crippen LogP contribution in [0.5, 0.6) is 0 Å². The number of esters is 1. The molecule has 0 aromatic carbocycles. The minimum absolute atomic E-state index is 0.0654. The summed E-state index contributed by atoms with van der Waals surface area (Å²) in [5.74, 6) is -0.374. The van der Waals surface area contributed by atoms with E-state index < -0.39 is 24.3 Å². The van der Waals surface area contributed by atoms with E-state index in [1.54, 1.807) is 21.0 Å². The first-order valence-corrected chi connectivity index (χ1v) is 10.4. The molecule has 1 rings (SSSR count). The van der Waals surface area contributed by atoms with Crippen LogP contribution in [-0.2, 0) is 19.0 Å². The monoisotopic (exact) mass is 400 g/mol. The van der Waals surface area contributed by atoms with Crippen molar-refractivity contribution in [2.45, 2.75) is 77.4 Å². The van der Waals surface area contributed by atoms with Crippen LogP contribution in [0.15, 0.2) is 0 Å². The summed E-state index contributed by atoms with van der Waals surface area (Å²) in [5.41, 5.74) is 0. The summed E-state index contributed by atoms with van der Waals surface area (Å²) in [7, 11) is 3.19. The fraction of sp³-hybridized carbons (Fsp3) is 0.850. The van der Waals surface area contributed by atoms with Crippen LogP contribution >= 0.6 is 0 Å². The Balaban J connectivity index is 2.52. The number of hydrogen-bond donors (Lipinski definition) is 0. The van der Waals surface area contributed by atoms with Gasteiger partial charge in [-0.15, -0.1) is 0 Å². The molecule has 8 heteroatoms. The van der Waals surface area contributed by atoms with Crippen molar-refractivity contribution in [3.8, 4) is 0 Å². The molecule has 2 atom stereocenters. The van der Waals surface area contributed by atoms with Gasteiger partial charge in [-0.1, -0.05) is 39.0 Å². The zero-order valence-electron chi connectivity index (χ0n) is 17.8. The quantitative estimate of drug-likeness (QED) is 0.299. The standard InChI is InChI=1S/C20H36N2O6/c1-5-7-8-9-10-11-12-27-20(25)22-15-17(28-19(24)21(3)4)13-16(22)14-18(23)26-6-2/h16-17H,5-15H2,1-4H3/t16-,17+/m0/s1. The van der Waals surface area contributed by atoms with Gasteiger partial charge in [-0.25, -0.2) is 9.59 Å². The van der Waals surface area contributed by atoms with Gasteiger partial charge in [-0.3, -0.25) is 4.79 Å². The molecular formula is C20H36N2O6. The van der Waals surface area contributed by atoms with Gasteiger partial charge >= 0.3 is 18.2 Å². The highest BCUT2D eigenvalue weighted by molar-refractivity contribution is 5.73. The van der Waals surface area contributed by atoms with E-state index in [4.69, 9.17) is 14.2 Å². The maximum atomic E-state index is 12.5. The van der Waals surface area contributed by atoms with Crippen LogP contribution in [0.1, 0.15) is 65.2 Å². The van der Waals surface area contributed by atoms with Crippen molar-refractivity contribution in [2.75, 3.05) is 33.9 Å². The van der Waals surface area contributed by atoms with Crippen molar-refractivity contribution < 1.29 is 28.6 Å². The number of carbonyl (C=O) groups is 3. The third-order valence-corrected chi connectivity index (χ3v) is 4.67. The predicted octanol–water partition coefficient (Wildman–Crippen LogP) is 3.58. The van der Waals surface area contributed by atoms with Gasteiger partial charge in [0.2, 0.25) is 0 Å². The molecular weight excluding hydrogens is 364 g/mol. The first-order chi connectivity index (χ1) is 13.4. The van der Waals surface area contributed by atoms with E-state index in [0.717, 1.165) is 19.3 Å². The Hall–Kier alpha value is -1.99. The van der Waals surface area contributed by atoms with Crippen molar-refractivity contribution >= 4 is 18.2 Å². The Bertz CT molecular complexity index is 497. The van der Waals surface area contributed by atoms with E-state index in [2.05, 4.69) is 6.92 Å². The van der Waals surface area contributed by atoms with Gasteiger partial charge in [0.1, 0.15) is 6.10 Å². The number of amides is 2. The third kappa shape index (κ3) is 8.80. The Labute approximate surface area is 168 Å². The molecule has 162 valence electrons. The van der Waals surface area contributed by atoms with E-state index in [1.165, 1.54) is 29.1 Å². The van der Waals surface area contributed by atoms with Crippen LogP contribution in [0.3, 0.4) is 0 Å². The Morgan fingerprint density at radius 2 is 1.68 bits per heavy atom. The van der Waals surface area contributed by atoms with E-state index in [-0.39, 0.29) is 25.5 Å². The van der Waals surface area contributed by atoms with Gasteiger partial charge in [0.25, 0.3) is 0 Å². The third-order valence-electron chi connectivity index (χ3n) is 4.67. The second-order valence-electron chi connectivity index (χ2n) is 7.33. The van der Waals surface area contributed by atoms with E-state index >= 15 is 0 Å². The van der Waals surface area contributed by atoms with E-state index in [1.807, 2.05) is 0 Å². The largest absolute Gasteiger partial charge is 0.466 e. The second kappa shape index (κ2) is 13.2. The lowest BCUT2D eigenvalue weighted by Crippen LogP contribution is -2.38. The van der Waals surface area contributed by atoms with E-state index in [9.17, 15) is 14.4 Å². The summed E-state index contributed by atoms with van der Waals surface area (Å²) in [6.45, 7) is 4.77.